The topological polar surface area (TPSA) is 110 Å². The Kier molecular flexibility index (Phi) is 4.49. The van der Waals surface area contributed by atoms with E-state index in [4.69, 9.17) is 5.73 Å². The van der Waals surface area contributed by atoms with E-state index in [9.17, 15) is 8.42 Å². The number of aromatic nitrogens is 2. The van der Waals surface area contributed by atoms with Gasteiger partial charge in [-0.25, -0.2) is 14.7 Å². The van der Waals surface area contributed by atoms with E-state index >= 15 is 0 Å². The summed E-state index contributed by atoms with van der Waals surface area (Å²) in [6.45, 7) is 0. The number of fused-ring (bicyclic) bond motifs is 1. The number of hydrogen-bond acceptors (Lipinski definition) is 5. The Morgan fingerprint density at radius 1 is 0.778 bits per heavy atom. The van der Waals surface area contributed by atoms with Crippen LogP contribution in [0.5, 0.6) is 0 Å². The molecule has 2 heterocycles. The maximum absolute atomic E-state index is 11.9. The quantitative estimate of drug-likeness (QED) is 0.548. The third-order valence-electron chi connectivity index (χ3n) is 3.82. The molecule has 1 aliphatic heterocycles. The summed E-state index contributed by atoms with van der Waals surface area (Å²) in [5.41, 5.74) is 8.71. The van der Waals surface area contributed by atoms with E-state index in [-0.39, 0.29) is 17.3 Å². The molecule has 3 aromatic rings. The SMILES string of the molecule is NC1=NS(=O)(=O)Nc2nc(-c3ccc(Br)cc3)c(-c3ccc(Br)cc3)nc21. The number of amidine groups is 1. The van der Waals surface area contributed by atoms with Gasteiger partial charge in [-0.2, -0.15) is 8.42 Å². The van der Waals surface area contributed by atoms with E-state index in [0.717, 1.165) is 20.1 Å². The summed E-state index contributed by atoms with van der Waals surface area (Å²) >= 11 is 6.82. The summed E-state index contributed by atoms with van der Waals surface area (Å²) in [6.07, 6.45) is 0. The highest BCUT2D eigenvalue weighted by atomic mass is 79.9. The molecule has 3 N–H and O–H groups in total. The second kappa shape index (κ2) is 6.70. The summed E-state index contributed by atoms with van der Waals surface area (Å²) in [4.78, 5) is 9.10. The minimum atomic E-state index is -3.94. The number of halogens is 2. The summed E-state index contributed by atoms with van der Waals surface area (Å²) in [7, 11) is -3.94. The van der Waals surface area contributed by atoms with Crippen molar-refractivity contribution in [2.75, 3.05) is 4.72 Å². The molecule has 1 aromatic heterocycles. The molecule has 1 aliphatic rings. The Hall–Kier alpha value is -2.30. The van der Waals surface area contributed by atoms with Crippen molar-refractivity contribution in [1.29, 1.82) is 0 Å². The van der Waals surface area contributed by atoms with Crippen molar-refractivity contribution in [3.8, 4) is 22.5 Å². The number of benzene rings is 2. The fourth-order valence-electron chi connectivity index (χ4n) is 2.62. The summed E-state index contributed by atoms with van der Waals surface area (Å²) in [5.74, 6) is -0.141. The van der Waals surface area contributed by atoms with E-state index in [1.165, 1.54) is 0 Å². The van der Waals surface area contributed by atoms with Gasteiger partial charge in [-0.1, -0.05) is 56.1 Å². The van der Waals surface area contributed by atoms with Crippen molar-refractivity contribution in [3.05, 3.63) is 63.2 Å². The number of nitrogens with zero attached hydrogens (tertiary/aromatic N) is 3. The van der Waals surface area contributed by atoms with Crippen LogP contribution in [0.25, 0.3) is 22.5 Å². The van der Waals surface area contributed by atoms with Crippen molar-refractivity contribution in [2.24, 2.45) is 10.1 Å². The minimum Gasteiger partial charge on any atom is -0.381 e. The van der Waals surface area contributed by atoms with Gasteiger partial charge < -0.3 is 5.73 Å². The minimum absolute atomic E-state index is 0.0567. The molecule has 0 spiro atoms. The van der Waals surface area contributed by atoms with Crippen molar-refractivity contribution < 1.29 is 8.42 Å². The molecule has 4 rings (SSSR count). The van der Waals surface area contributed by atoms with Crippen LogP contribution in [0.1, 0.15) is 5.69 Å². The van der Waals surface area contributed by atoms with E-state index < -0.39 is 10.2 Å². The molecule has 0 bridgehead atoms. The third-order valence-corrected chi connectivity index (χ3v) is 5.76. The maximum atomic E-state index is 11.9. The Morgan fingerprint density at radius 3 is 1.78 bits per heavy atom. The van der Waals surface area contributed by atoms with Gasteiger partial charge in [-0.3, -0.25) is 0 Å². The lowest BCUT2D eigenvalue weighted by molar-refractivity contribution is 0.602. The van der Waals surface area contributed by atoms with Crippen molar-refractivity contribution >= 4 is 53.7 Å². The van der Waals surface area contributed by atoms with Crippen LogP contribution in [0, 0.1) is 0 Å². The average Bonchev–Trinajstić information content (AvgIpc) is 2.61. The van der Waals surface area contributed by atoms with Crippen molar-refractivity contribution in [2.45, 2.75) is 0 Å². The van der Waals surface area contributed by atoms with Gasteiger partial charge in [0.05, 0.1) is 11.4 Å². The molecule has 0 aliphatic carbocycles. The first-order chi connectivity index (χ1) is 12.8. The normalized spacial score (nSPS) is 14.8. The molecule has 27 heavy (non-hydrogen) atoms. The first-order valence-electron chi connectivity index (χ1n) is 7.65. The van der Waals surface area contributed by atoms with Gasteiger partial charge in [0.1, 0.15) is 0 Å². The maximum Gasteiger partial charge on any atom is 0.345 e. The second-order valence-corrected chi connectivity index (χ2v) is 8.85. The van der Waals surface area contributed by atoms with Crippen LogP contribution in [0.3, 0.4) is 0 Å². The van der Waals surface area contributed by atoms with Crippen LogP contribution in [0.4, 0.5) is 5.82 Å². The molecule has 7 nitrogen and oxygen atoms in total. The monoisotopic (exact) mass is 507 g/mol. The van der Waals surface area contributed by atoms with E-state index in [2.05, 4.69) is 50.9 Å². The fourth-order valence-corrected chi connectivity index (χ4v) is 3.93. The highest BCUT2D eigenvalue weighted by Gasteiger charge is 2.26. The zero-order valence-electron chi connectivity index (χ0n) is 13.5. The second-order valence-electron chi connectivity index (χ2n) is 5.69. The van der Waals surface area contributed by atoms with E-state index in [1.807, 2.05) is 48.5 Å². The zero-order chi connectivity index (χ0) is 19.2. The molecule has 0 unspecified atom stereocenters. The Bertz CT molecular complexity index is 1180. The highest BCUT2D eigenvalue weighted by Crippen LogP contribution is 2.33. The van der Waals surface area contributed by atoms with Gasteiger partial charge in [-0.15, -0.1) is 4.40 Å². The molecule has 0 saturated carbocycles. The van der Waals surface area contributed by atoms with Crippen LogP contribution >= 0.6 is 31.9 Å². The summed E-state index contributed by atoms with van der Waals surface area (Å²) < 4.78 is 31.3. The van der Waals surface area contributed by atoms with Gasteiger partial charge in [0.2, 0.25) is 0 Å². The number of nitrogens with two attached hydrogens (primary N) is 1. The molecule has 10 heteroatoms. The van der Waals surface area contributed by atoms with Crippen LogP contribution in [-0.4, -0.2) is 24.2 Å². The molecule has 0 radical (unpaired) electrons. The molecule has 0 saturated heterocycles. The first-order valence-corrected chi connectivity index (χ1v) is 10.7. The predicted octanol–water partition coefficient (Wildman–Crippen LogP) is 3.71. The average molecular weight is 509 g/mol. The fraction of sp³-hybridized carbons (Fsp3) is 0. The molecular weight excluding hydrogens is 498 g/mol. The van der Waals surface area contributed by atoms with Crippen LogP contribution < -0.4 is 10.5 Å². The molecule has 2 aromatic carbocycles. The number of anilines is 1. The van der Waals surface area contributed by atoms with Gasteiger partial charge in [0, 0.05) is 20.1 Å². The number of hydrogen-bond donors (Lipinski definition) is 2. The summed E-state index contributed by atoms with van der Waals surface area (Å²) in [6, 6.07) is 15.1. The van der Waals surface area contributed by atoms with E-state index in [0.29, 0.717) is 11.4 Å². The Balaban J connectivity index is 1.99. The van der Waals surface area contributed by atoms with Gasteiger partial charge in [-0.05, 0) is 24.3 Å². The lowest BCUT2D eigenvalue weighted by atomic mass is 10.0. The largest absolute Gasteiger partial charge is 0.381 e. The molecule has 0 fully saturated rings. The van der Waals surface area contributed by atoms with E-state index in [1.54, 1.807) is 0 Å². The first kappa shape index (κ1) is 18.1. The lowest BCUT2D eigenvalue weighted by Gasteiger charge is -2.18. The van der Waals surface area contributed by atoms with Crippen molar-refractivity contribution in [1.82, 2.24) is 9.97 Å². The predicted molar refractivity (Wildman–Crippen MR) is 112 cm³/mol. The third kappa shape index (κ3) is 3.60. The standard InChI is InChI=1S/C17H11Br2N5O2S/c18-11-5-1-9(2-6-11)13-14(10-3-7-12(19)8-4-10)22-17-15(21-13)16(20)23-27(25,26)24-17/h1-8H,(H2,20,23)(H,22,24). The summed E-state index contributed by atoms with van der Waals surface area (Å²) in [5, 5.41) is 0. The molecule has 136 valence electrons. The van der Waals surface area contributed by atoms with Gasteiger partial charge in [0.15, 0.2) is 17.3 Å². The van der Waals surface area contributed by atoms with Crippen molar-refractivity contribution in [3.63, 3.8) is 0 Å². The van der Waals surface area contributed by atoms with Crippen LogP contribution in [0.15, 0.2) is 61.9 Å². The molecule has 0 amide bonds. The Labute approximate surface area is 172 Å². The Morgan fingerprint density at radius 2 is 1.26 bits per heavy atom. The molecule has 0 atom stereocenters. The smallest absolute Gasteiger partial charge is 0.345 e. The van der Waals surface area contributed by atoms with Crippen LogP contribution in [0.2, 0.25) is 0 Å². The zero-order valence-corrected chi connectivity index (χ0v) is 17.5. The number of rotatable bonds is 2. The lowest BCUT2D eigenvalue weighted by Crippen LogP contribution is -2.28. The van der Waals surface area contributed by atoms with Gasteiger partial charge >= 0.3 is 10.2 Å². The highest BCUT2D eigenvalue weighted by molar-refractivity contribution is 9.10. The van der Waals surface area contributed by atoms with Crippen LogP contribution in [-0.2, 0) is 10.2 Å². The molecular formula is C17H11Br2N5O2S. The van der Waals surface area contributed by atoms with Gasteiger partial charge in [0.25, 0.3) is 0 Å². The number of nitrogens with one attached hydrogen (secondary N) is 1.